The average Bonchev–Trinajstić information content (AvgIpc) is 2.99. The van der Waals surface area contributed by atoms with Crippen LogP contribution in [-0.2, 0) is 6.54 Å². The second-order valence-electron chi connectivity index (χ2n) is 4.43. The van der Waals surface area contributed by atoms with Gasteiger partial charge in [-0.15, -0.1) is 0 Å². The molecule has 0 aliphatic rings. The number of nitrogens with zero attached hydrogens (tertiary/aromatic N) is 2. The van der Waals surface area contributed by atoms with Crippen LogP contribution < -0.4 is 15.4 Å². The van der Waals surface area contributed by atoms with Gasteiger partial charge in [-0.1, -0.05) is 12.1 Å². The lowest BCUT2D eigenvalue weighted by Gasteiger charge is -2.14. The first kappa shape index (κ1) is 15.3. The maximum Gasteiger partial charge on any atom is 0.170 e. The van der Waals surface area contributed by atoms with Gasteiger partial charge >= 0.3 is 0 Å². The van der Waals surface area contributed by atoms with Crippen molar-refractivity contribution in [2.45, 2.75) is 19.9 Å². The number of thiocarbonyl (C=S) groups is 1. The lowest BCUT2D eigenvalue weighted by Crippen LogP contribution is -2.30. The summed E-state index contributed by atoms with van der Waals surface area (Å²) in [5.41, 5.74) is 0.879. The Morgan fingerprint density at radius 3 is 2.95 bits per heavy atom. The number of hydrogen-bond donors (Lipinski definition) is 2. The summed E-state index contributed by atoms with van der Waals surface area (Å²) in [5.74, 6) is 0.806. The van der Waals surface area contributed by atoms with Crippen LogP contribution in [0.25, 0.3) is 0 Å². The molecule has 0 aliphatic carbocycles. The molecule has 6 heteroatoms. The Labute approximate surface area is 130 Å². The van der Waals surface area contributed by atoms with Gasteiger partial charge < -0.3 is 15.4 Å². The normalized spacial score (nSPS) is 10.1. The van der Waals surface area contributed by atoms with E-state index in [0.29, 0.717) is 11.7 Å². The lowest BCUT2D eigenvalue weighted by molar-refractivity contribution is 0.342. The van der Waals surface area contributed by atoms with E-state index in [2.05, 4.69) is 15.7 Å². The van der Waals surface area contributed by atoms with Gasteiger partial charge in [-0.05, 0) is 43.8 Å². The largest absolute Gasteiger partial charge is 0.492 e. The van der Waals surface area contributed by atoms with Crippen LogP contribution in [0, 0.1) is 0 Å². The first-order valence-electron chi connectivity index (χ1n) is 7.03. The molecule has 0 radical (unpaired) electrons. The number of benzene rings is 1. The molecule has 1 aromatic heterocycles. The molecule has 0 atom stereocenters. The third-order valence-electron chi connectivity index (χ3n) is 2.84. The number of hydrogen-bond acceptors (Lipinski definition) is 3. The third-order valence-corrected chi connectivity index (χ3v) is 3.09. The molecule has 2 rings (SSSR count). The van der Waals surface area contributed by atoms with Crippen molar-refractivity contribution in [3.05, 3.63) is 42.7 Å². The van der Waals surface area contributed by atoms with Crippen LogP contribution in [0.3, 0.4) is 0 Å². The fourth-order valence-electron chi connectivity index (χ4n) is 1.89. The van der Waals surface area contributed by atoms with Crippen molar-refractivity contribution in [2.24, 2.45) is 0 Å². The van der Waals surface area contributed by atoms with Crippen molar-refractivity contribution in [1.82, 2.24) is 15.1 Å². The summed E-state index contributed by atoms with van der Waals surface area (Å²) in [4.78, 5) is 0. The first-order chi connectivity index (χ1) is 10.3. The van der Waals surface area contributed by atoms with Crippen molar-refractivity contribution in [1.29, 1.82) is 0 Å². The molecular weight excluding hydrogens is 284 g/mol. The molecule has 0 unspecified atom stereocenters. The zero-order valence-electron chi connectivity index (χ0n) is 12.1. The molecule has 0 saturated carbocycles. The maximum absolute atomic E-state index is 5.55. The fourth-order valence-corrected chi connectivity index (χ4v) is 2.11. The van der Waals surface area contributed by atoms with E-state index in [4.69, 9.17) is 17.0 Å². The zero-order valence-corrected chi connectivity index (χ0v) is 12.9. The molecule has 112 valence electrons. The van der Waals surface area contributed by atoms with Crippen molar-refractivity contribution in [3.8, 4) is 5.75 Å². The summed E-state index contributed by atoms with van der Waals surface area (Å²) in [6.45, 7) is 4.26. The van der Waals surface area contributed by atoms with E-state index in [1.165, 1.54) is 0 Å². The molecule has 0 amide bonds. The summed E-state index contributed by atoms with van der Waals surface area (Å²) in [5, 5.41) is 11.1. The van der Waals surface area contributed by atoms with Crippen molar-refractivity contribution >= 4 is 23.0 Å². The Morgan fingerprint density at radius 2 is 2.19 bits per heavy atom. The van der Waals surface area contributed by atoms with Crippen LogP contribution in [0.4, 0.5) is 5.69 Å². The minimum atomic E-state index is 0.600. The Bertz CT molecular complexity index is 557. The predicted molar refractivity (Wildman–Crippen MR) is 88.7 cm³/mol. The summed E-state index contributed by atoms with van der Waals surface area (Å²) in [6.07, 6.45) is 4.69. The van der Waals surface area contributed by atoms with Crippen molar-refractivity contribution in [3.63, 3.8) is 0 Å². The molecule has 1 aromatic carbocycles. The molecule has 1 heterocycles. The molecule has 2 aromatic rings. The van der Waals surface area contributed by atoms with Crippen molar-refractivity contribution in [2.75, 3.05) is 18.5 Å². The van der Waals surface area contributed by atoms with Gasteiger partial charge in [-0.2, -0.15) is 5.10 Å². The number of nitrogens with one attached hydrogen (secondary N) is 2. The number of aryl methyl sites for hydroxylation is 1. The van der Waals surface area contributed by atoms with Crippen LogP contribution >= 0.6 is 12.2 Å². The van der Waals surface area contributed by atoms with E-state index in [9.17, 15) is 0 Å². The smallest absolute Gasteiger partial charge is 0.170 e. The van der Waals surface area contributed by atoms with E-state index in [-0.39, 0.29) is 0 Å². The zero-order chi connectivity index (χ0) is 14.9. The van der Waals surface area contributed by atoms with Crippen LogP contribution in [0.1, 0.15) is 13.3 Å². The summed E-state index contributed by atoms with van der Waals surface area (Å²) < 4.78 is 7.46. The number of rotatable bonds is 7. The van der Waals surface area contributed by atoms with Crippen LogP contribution in [0.15, 0.2) is 42.7 Å². The van der Waals surface area contributed by atoms with E-state index < -0.39 is 0 Å². The van der Waals surface area contributed by atoms with E-state index >= 15 is 0 Å². The fraction of sp³-hybridized carbons (Fsp3) is 0.333. The standard InChI is InChI=1S/C15H20N4OS/c1-2-20-14-8-4-3-7-13(14)18-15(21)16-9-5-11-19-12-6-10-17-19/h3-4,6-8,10,12H,2,5,9,11H2,1H3,(H2,16,18,21). The second kappa shape index (κ2) is 8.26. The highest BCUT2D eigenvalue weighted by atomic mass is 32.1. The summed E-state index contributed by atoms with van der Waals surface area (Å²) >= 11 is 5.29. The van der Waals surface area contributed by atoms with E-state index in [0.717, 1.165) is 30.9 Å². The van der Waals surface area contributed by atoms with Crippen LogP contribution in [-0.4, -0.2) is 28.0 Å². The molecule has 0 spiro atoms. The Kier molecular flexibility index (Phi) is 6.02. The quantitative estimate of drug-likeness (QED) is 0.608. The highest BCUT2D eigenvalue weighted by Crippen LogP contribution is 2.23. The third kappa shape index (κ3) is 5.07. The monoisotopic (exact) mass is 304 g/mol. The molecule has 2 N–H and O–H groups in total. The summed E-state index contributed by atoms with van der Waals surface area (Å²) in [7, 11) is 0. The highest BCUT2D eigenvalue weighted by Gasteiger charge is 2.03. The molecule has 5 nitrogen and oxygen atoms in total. The Balaban J connectivity index is 1.74. The van der Waals surface area contributed by atoms with Gasteiger partial charge in [0.15, 0.2) is 5.11 Å². The molecule has 21 heavy (non-hydrogen) atoms. The highest BCUT2D eigenvalue weighted by molar-refractivity contribution is 7.80. The topological polar surface area (TPSA) is 51.1 Å². The number of anilines is 1. The van der Waals surface area contributed by atoms with Crippen LogP contribution in [0.5, 0.6) is 5.75 Å². The van der Waals surface area contributed by atoms with Gasteiger partial charge in [-0.3, -0.25) is 4.68 Å². The van der Waals surface area contributed by atoms with Gasteiger partial charge in [0.25, 0.3) is 0 Å². The van der Waals surface area contributed by atoms with Crippen LogP contribution in [0.2, 0.25) is 0 Å². The molecule has 0 fully saturated rings. The maximum atomic E-state index is 5.55. The molecule has 0 aliphatic heterocycles. The molecular formula is C15H20N4OS. The number of ether oxygens (including phenoxy) is 1. The summed E-state index contributed by atoms with van der Waals surface area (Å²) in [6, 6.07) is 9.68. The predicted octanol–water partition coefficient (Wildman–Crippen LogP) is 2.66. The first-order valence-corrected chi connectivity index (χ1v) is 7.44. The molecule has 0 bridgehead atoms. The lowest BCUT2D eigenvalue weighted by atomic mass is 10.3. The molecule has 0 saturated heterocycles. The van der Waals surface area contributed by atoms with Gasteiger partial charge in [-0.25, -0.2) is 0 Å². The van der Waals surface area contributed by atoms with Gasteiger partial charge in [0.2, 0.25) is 0 Å². The minimum Gasteiger partial charge on any atom is -0.492 e. The average molecular weight is 304 g/mol. The van der Waals surface area contributed by atoms with Gasteiger partial charge in [0.1, 0.15) is 5.75 Å². The number of aromatic nitrogens is 2. The van der Waals surface area contributed by atoms with Crippen molar-refractivity contribution < 1.29 is 4.74 Å². The minimum absolute atomic E-state index is 0.600. The second-order valence-corrected chi connectivity index (χ2v) is 4.84. The van der Waals surface area contributed by atoms with Gasteiger partial charge in [0, 0.05) is 25.5 Å². The van der Waals surface area contributed by atoms with Gasteiger partial charge in [0.05, 0.1) is 12.3 Å². The SMILES string of the molecule is CCOc1ccccc1NC(=S)NCCCn1cccn1. The van der Waals surface area contributed by atoms with E-state index in [1.807, 2.05) is 48.1 Å². The number of para-hydroxylation sites is 2. The van der Waals surface area contributed by atoms with E-state index in [1.54, 1.807) is 6.20 Å². The Hall–Kier alpha value is -2.08. The Morgan fingerprint density at radius 1 is 1.33 bits per heavy atom.